The molecule has 0 aliphatic rings. The van der Waals surface area contributed by atoms with Crippen LogP contribution >= 0.6 is 0 Å². The van der Waals surface area contributed by atoms with Gasteiger partial charge in [0.05, 0.1) is 43.8 Å². The van der Waals surface area contributed by atoms with Crippen molar-refractivity contribution >= 4 is 16.7 Å². The van der Waals surface area contributed by atoms with E-state index in [1.165, 1.54) is 0 Å². The summed E-state index contributed by atoms with van der Waals surface area (Å²) in [6.07, 6.45) is 0. The van der Waals surface area contributed by atoms with Crippen LogP contribution in [0.25, 0.3) is 50.7 Å². The Morgan fingerprint density at radius 1 is 0.730 bits per heavy atom. The topological polar surface area (TPSA) is 86.6 Å². The summed E-state index contributed by atoms with van der Waals surface area (Å²) < 4.78 is 18.6. The molecule has 0 fully saturated rings. The molecule has 184 valence electrons. The normalized spacial score (nSPS) is 11.2. The molecule has 0 radical (unpaired) electrons. The zero-order valence-corrected chi connectivity index (χ0v) is 20.9. The molecule has 1 N–H and O–H groups in total. The summed E-state index contributed by atoms with van der Waals surface area (Å²) in [5.41, 5.74) is 7.85. The van der Waals surface area contributed by atoms with Gasteiger partial charge in [-0.15, -0.1) is 0 Å². The zero-order chi connectivity index (χ0) is 25.5. The van der Waals surface area contributed by atoms with Crippen molar-refractivity contribution in [2.45, 2.75) is 6.92 Å². The first-order valence-corrected chi connectivity index (χ1v) is 11.8. The van der Waals surface area contributed by atoms with Gasteiger partial charge in [-0.1, -0.05) is 36.4 Å². The van der Waals surface area contributed by atoms with Crippen LogP contribution in [0.4, 0.5) is 0 Å². The molecular formula is C29H25N5O3. The Morgan fingerprint density at radius 2 is 1.49 bits per heavy atom. The van der Waals surface area contributed by atoms with Crippen LogP contribution in [0.15, 0.2) is 72.8 Å². The average Bonchev–Trinajstić information content (AvgIpc) is 3.56. The highest BCUT2D eigenvalue weighted by molar-refractivity contribution is 5.81. The fourth-order valence-corrected chi connectivity index (χ4v) is 4.53. The monoisotopic (exact) mass is 491 g/mol. The maximum Gasteiger partial charge on any atom is 0.203 e. The number of rotatable bonds is 6. The molecule has 37 heavy (non-hydrogen) atoms. The summed E-state index contributed by atoms with van der Waals surface area (Å²) in [5, 5.41) is 4.91. The maximum atomic E-state index is 5.62. The highest BCUT2D eigenvalue weighted by Crippen LogP contribution is 2.41. The van der Waals surface area contributed by atoms with Crippen molar-refractivity contribution < 1.29 is 14.2 Å². The molecule has 0 atom stereocenters. The highest BCUT2D eigenvalue weighted by Gasteiger charge is 2.19. The van der Waals surface area contributed by atoms with Gasteiger partial charge < -0.3 is 19.2 Å². The van der Waals surface area contributed by atoms with Gasteiger partial charge in [0, 0.05) is 17.2 Å². The van der Waals surface area contributed by atoms with E-state index in [0.717, 1.165) is 39.1 Å². The average molecular weight is 492 g/mol. The third kappa shape index (κ3) is 3.92. The number of imidazole rings is 1. The first kappa shape index (κ1) is 22.6. The molecule has 0 aliphatic carbocycles. The van der Waals surface area contributed by atoms with Crippen LogP contribution in [-0.4, -0.2) is 45.9 Å². The lowest BCUT2D eigenvalue weighted by Gasteiger charge is -2.15. The van der Waals surface area contributed by atoms with Crippen molar-refractivity contribution in [2.75, 3.05) is 21.3 Å². The standard InChI is InChI=1S/C29H25N5O3/c1-17-10-11-20-22(12-17)32-29(31-20)23-15-24(19-13-25(35-2)28(37-4)26(14-19)36-3)34-27(30-23)16-21(33-34)18-8-6-5-7-9-18/h5-16H,1-4H3,(H,31,32). The first-order chi connectivity index (χ1) is 18.1. The summed E-state index contributed by atoms with van der Waals surface area (Å²) in [4.78, 5) is 13.2. The van der Waals surface area contributed by atoms with Crippen molar-refractivity contribution in [3.05, 3.63) is 78.4 Å². The minimum atomic E-state index is 0.525. The molecular weight excluding hydrogens is 466 g/mol. The molecule has 8 nitrogen and oxygen atoms in total. The second-order valence-corrected chi connectivity index (χ2v) is 8.71. The number of hydrogen-bond donors (Lipinski definition) is 1. The smallest absolute Gasteiger partial charge is 0.203 e. The van der Waals surface area contributed by atoms with E-state index >= 15 is 0 Å². The molecule has 0 saturated carbocycles. The number of methoxy groups -OCH3 is 3. The molecule has 0 aliphatic heterocycles. The van der Waals surface area contributed by atoms with Gasteiger partial charge in [-0.25, -0.2) is 14.5 Å². The zero-order valence-electron chi connectivity index (χ0n) is 20.9. The number of aryl methyl sites for hydroxylation is 1. The summed E-state index contributed by atoms with van der Waals surface area (Å²) in [6.45, 7) is 2.06. The fourth-order valence-electron chi connectivity index (χ4n) is 4.53. The highest BCUT2D eigenvalue weighted by atomic mass is 16.5. The Kier molecular flexibility index (Phi) is 5.49. The van der Waals surface area contributed by atoms with Gasteiger partial charge in [0.15, 0.2) is 23.0 Å². The van der Waals surface area contributed by atoms with E-state index < -0.39 is 0 Å². The van der Waals surface area contributed by atoms with Crippen LogP contribution < -0.4 is 14.2 Å². The molecule has 0 saturated heterocycles. The summed E-state index contributed by atoms with van der Waals surface area (Å²) in [6, 6.07) is 23.9. The van der Waals surface area contributed by atoms with Gasteiger partial charge in [0.2, 0.25) is 5.75 Å². The van der Waals surface area contributed by atoms with Gasteiger partial charge in [-0.05, 0) is 42.8 Å². The predicted octanol–water partition coefficient (Wildman–Crippen LogP) is 5.94. The fraction of sp³-hybridized carbons (Fsp3) is 0.138. The van der Waals surface area contributed by atoms with E-state index in [1.807, 2.05) is 71.2 Å². The number of fused-ring (bicyclic) bond motifs is 2. The van der Waals surface area contributed by atoms with Crippen molar-refractivity contribution in [3.63, 3.8) is 0 Å². The Bertz CT molecular complexity index is 1730. The Balaban J connectivity index is 1.62. The van der Waals surface area contributed by atoms with E-state index in [-0.39, 0.29) is 0 Å². The summed E-state index contributed by atoms with van der Waals surface area (Å²) >= 11 is 0. The molecule has 0 spiro atoms. The number of hydrogen-bond acceptors (Lipinski definition) is 6. The number of ether oxygens (including phenoxy) is 3. The van der Waals surface area contributed by atoms with Crippen molar-refractivity contribution in [3.8, 4) is 51.3 Å². The molecule has 0 amide bonds. The third-order valence-electron chi connectivity index (χ3n) is 6.34. The Hall–Kier alpha value is -4.85. The summed E-state index contributed by atoms with van der Waals surface area (Å²) in [7, 11) is 4.80. The minimum absolute atomic E-state index is 0.525. The van der Waals surface area contributed by atoms with Crippen LogP contribution in [0, 0.1) is 6.92 Å². The largest absolute Gasteiger partial charge is 0.493 e. The second kappa shape index (κ2) is 8.98. The number of aromatic nitrogens is 5. The van der Waals surface area contributed by atoms with E-state index in [0.29, 0.717) is 34.4 Å². The number of H-pyrrole nitrogens is 1. The van der Waals surface area contributed by atoms with Gasteiger partial charge >= 0.3 is 0 Å². The second-order valence-electron chi connectivity index (χ2n) is 8.71. The van der Waals surface area contributed by atoms with Gasteiger partial charge in [-0.3, -0.25) is 0 Å². The van der Waals surface area contributed by atoms with E-state index in [4.69, 9.17) is 29.3 Å². The lowest BCUT2D eigenvalue weighted by molar-refractivity contribution is 0.324. The van der Waals surface area contributed by atoms with Gasteiger partial charge in [-0.2, -0.15) is 5.10 Å². The molecule has 3 aromatic heterocycles. The number of benzene rings is 3. The van der Waals surface area contributed by atoms with Crippen molar-refractivity contribution in [1.29, 1.82) is 0 Å². The Morgan fingerprint density at radius 3 is 2.19 bits per heavy atom. The molecule has 6 rings (SSSR count). The van der Waals surface area contributed by atoms with Crippen LogP contribution in [0.1, 0.15) is 5.56 Å². The molecule has 6 aromatic rings. The molecule has 8 heteroatoms. The van der Waals surface area contributed by atoms with Crippen LogP contribution in [0.5, 0.6) is 17.2 Å². The molecule has 3 heterocycles. The lowest BCUT2D eigenvalue weighted by atomic mass is 10.1. The Labute approximate surface area is 213 Å². The first-order valence-electron chi connectivity index (χ1n) is 11.8. The number of aromatic amines is 1. The third-order valence-corrected chi connectivity index (χ3v) is 6.34. The summed E-state index contributed by atoms with van der Waals surface area (Å²) in [5.74, 6) is 2.31. The maximum absolute atomic E-state index is 5.62. The van der Waals surface area contributed by atoms with Crippen LogP contribution in [-0.2, 0) is 0 Å². The quantitative estimate of drug-likeness (QED) is 0.310. The van der Waals surface area contributed by atoms with Gasteiger partial charge in [0.25, 0.3) is 0 Å². The molecule has 3 aromatic carbocycles. The molecule has 0 bridgehead atoms. The van der Waals surface area contributed by atoms with E-state index in [9.17, 15) is 0 Å². The van der Waals surface area contributed by atoms with E-state index in [2.05, 4.69) is 18.0 Å². The minimum Gasteiger partial charge on any atom is -0.493 e. The van der Waals surface area contributed by atoms with Crippen molar-refractivity contribution in [2.24, 2.45) is 0 Å². The predicted molar refractivity (Wildman–Crippen MR) is 143 cm³/mol. The SMILES string of the molecule is COc1cc(-c2cc(-c3nc4ccc(C)cc4[nH]3)nc3cc(-c4ccccc4)nn23)cc(OC)c1OC. The van der Waals surface area contributed by atoms with Crippen LogP contribution in [0.2, 0.25) is 0 Å². The lowest BCUT2D eigenvalue weighted by Crippen LogP contribution is -2.01. The van der Waals surface area contributed by atoms with Gasteiger partial charge in [0.1, 0.15) is 5.69 Å². The van der Waals surface area contributed by atoms with Crippen molar-refractivity contribution in [1.82, 2.24) is 24.6 Å². The number of nitrogens with zero attached hydrogens (tertiary/aromatic N) is 4. The van der Waals surface area contributed by atoms with E-state index in [1.54, 1.807) is 21.3 Å². The molecule has 0 unspecified atom stereocenters. The van der Waals surface area contributed by atoms with Crippen LogP contribution in [0.3, 0.4) is 0 Å². The number of nitrogens with one attached hydrogen (secondary N) is 1.